The molecule has 0 saturated carbocycles. The SMILES string of the molecule is CC1(C)Cc2c(sc3nc(SCC(=O)[O-])n(-c4ccccc4)c(=O)c23)CO1. The van der Waals surface area contributed by atoms with Crippen LogP contribution >= 0.6 is 23.1 Å². The molecule has 0 amide bonds. The van der Waals surface area contributed by atoms with Crippen LogP contribution in [0.25, 0.3) is 15.9 Å². The fourth-order valence-corrected chi connectivity index (χ4v) is 5.07. The van der Waals surface area contributed by atoms with E-state index in [0.717, 1.165) is 22.2 Å². The summed E-state index contributed by atoms with van der Waals surface area (Å²) in [6.45, 7) is 4.47. The average Bonchev–Trinajstić information content (AvgIpc) is 2.97. The van der Waals surface area contributed by atoms with Gasteiger partial charge in [-0.25, -0.2) is 4.98 Å². The Morgan fingerprint density at radius 1 is 1.37 bits per heavy atom. The molecule has 0 saturated heterocycles. The number of fused-ring (bicyclic) bond motifs is 3. The topological polar surface area (TPSA) is 84.2 Å². The predicted molar refractivity (Wildman–Crippen MR) is 104 cm³/mol. The normalized spacial score (nSPS) is 15.6. The fourth-order valence-electron chi connectivity index (χ4n) is 3.20. The minimum absolute atomic E-state index is 0.178. The van der Waals surface area contributed by atoms with Crippen molar-refractivity contribution in [2.75, 3.05) is 5.75 Å². The van der Waals surface area contributed by atoms with Crippen LogP contribution in [0.1, 0.15) is 24.3 Å². The van der Waals surface area contributed by atoms with Crippen molar-refractivity contribution in [3.05, 3.63) is 51.1 Å². The highest BCUT2D eigenvalue weighted by Gasteiger charge is 2.31. The summed E-state index contributed by atoms with van der Waals surface area (Å²) < 4.78 is 7.36. The molecule has 1 aliphatic rings. The molecule has 6 nitrogen and oxygen atoms in total. The third-order valence-electron chi connectivity index (χ3n) is 4.41. The molecule has 0 bridgehead atoms. The van der Waals surface area contributed by atoms with Gasteiger partial charge in [-0.1, -0.05) is 30.0 Å². The van der Waals surface area contributed by atoms with Gasteiger partial charge in [0.25, 0.3) is 5.56 Å². The summed E-state index contributed by atoms with van der Waals surface area (Å²) in [7, 11) is 0. The van der Waals surface area contributed by atoms with E-state index < -0.39 is 5.97 Å². The van der Waals surface area contributed by atoms with E-state index >= 15 is 0 Å². The van der Waals surface area contributed by atoms with Crippen molar-refractivity contribution in [1.29, 1.82) is 0 Å². The Morgan fingerprint density at radius 3 is 2.81 bits per heavy atom. The van der Waals surface area contributed by atoms with E-state index in [1.165, 1.54) is 15.9 Å². The monoisotopic (exact) mass is 401 g/mol. The molecular formula is C19H17N2O4S2-. The molecule has 0 fully saturated rings. The quantitative estimate of drug-likeness (QED) is 0.492. The van der Waals surface area contributed by atoms with E-state index in [9.17, 15) is 14.7 Å². The minimum atomic E-state index is -1.20. The number of hydrogen-bond acceptors (Lipinski definition) is 7. The van der Waals surface area contributed by atoms with Gasteiger partial charge < -0.3 is 14.6 Å². The number of rotatable bonds is 4. The first-order chi connectivity index (χ1) is 12.9. The Morgan fingerprint density at radius 2 is 2.11 bits per heavy atom. The van der Waals surface area contributed by atoms with E-state index in [2.05, 4.69) is 4.98 Å². The summed E-state index contributed by atoms with van der Waals surface area (Å²) in [5, 5.41) is 11.9. The largest absolute Gasteiger partial charge is 0.549 e. The minimum Gasteiger partial charge on any atom is -0.549 e. The first kappa shape index (κ1) is 18.2. The number of thioether (sulfide) groups is 1. The van der Waals surface area contributed by atoms with Gasteiger partial charge >= 0.3 is 0 Å². The van der Waals surface area contributed by atoms with Gasteiger partial charge in [-0.15, -0.1) is 11.3 Å². The molecule has 140 valence electrons. The van der Waals surface area contributed by atoms with Crippen LogP contribution < -0.4 is 10.7 Å². The van der Waals surface area contributed by atoms with Crippen molar-refractivity contribution in [3.63, 3.8) is 0 Å². The maximum atomic E-state index is 13.5. The number of ether oxygens (including phenoxy) is 1. The second-order valence-electron chi connectivity index (χ2n) is 6.94. The van der Waals surface area contributed by atoms with Gasteiger partial charge in [-0.05, 0) is 31.5 Å². The summed E-state index contributed by atoms with van der Waals surface area (Å²) >= 11 is 2.43. The number of benzene rings is 1. The molecule has 3 aromatic rings. The molecule has 1 aromatic carbocycles. The highest BCUT2D eigenvalue weighted by molar-refractivity contribution is 7.99. The number of hydrogen-bond donors (Lipinski definition) is 0. The molecule has 0 atom stereocenters. The second-order valence-corrected chi connectivity index (χ2v) is 8.97. The number of carbonyl (C=O) groups is 1. The van der Waals surface area contributed by atoms with Gasteiger partial charge in [-0.2, -0.15) is 0 Å². The zero-order valence-corrected chi connectivity index (χ0v) is 16.5. The van der Waals surface area contributed by atoms with Crippen molar-refractivity contribution in [2.24, 2.45) is 0 Å². The zero-order chi connectivity index (χ0) is 19.2. The Hall–Kier alpha value is -2.16. The van der Waals surface area contributed by atoms with Crippen molar-refractivity contribution >= 4 is 39.3 Å². The van der Waals surface area contributed by atoms with E-state index in [0.29, 0.717) is 34.1 Å². The van der Waals surface area contributed by atoms with Crippen LogP contribution in [-0.4, -0.2) is 26.9 Å². The van der Waals surface area contributed by atoms with Gasteiger partial charge in [0.2, 0.25) is 0 Å². The molecule has 0 N–H and O–H groups in total. The lowest BCUT2D eigenvalue weighted by Gasteiger charge is -2.29. The molecule has 3 heterocycles. The summed E-state index contributed by atoms with van der Waals surface area (Å²) in [4.78, 5) is 30.7. The number of thiophene rings is 1. The van der Waals surface area contributed by atoms with E-state index in [1.807, 2.05) is 44.2 Å². The average molecular weight is 401 g/mol. The smallest absolute Gasteiger partial charge is 0.267 e. The summed E-state index contributed by atoms with van der Waals surface area (Å²) in [6.07, 6.45) is 0.638. The number of aromatic nitrogens is 2. The number of nitrogens with zero attached hydrogens (tertiary/aromatic N) is 2. The van der Waals surface area contributed by atoms with Crippen molar-refractivity contribution in [2.45, 2.75) is 37.6 Å². The van der Waals surface area contributed by atoms with Crippen LogP contribution in [0.3, 0.4) is 0 Å². The first-order valence-electron chi connectivity index (χ1n) is 8.45. The lowest BCUT2D eigenvalue weighted by molar-refractivity contribution is -0.301. The van der Waals surface area contributed by atoms with Gasteiger partial charge in [0.1, 0.15) is 4.83 Å². The molecule has 0 aliphatic carbocycles. The summed E-state index contributed by atoms with van der Waals surface area (Å²) in [5.41, 5.74) is 1.13. The molecule has 0 spiro atoms. The third kappa shape index (κ3) is 3.40. The van der Waals surface area contributed by atoms with Crippen molar-refractivity contribution in [3.8, 4) is 5.69 Å². The Bertz CT molecular complexity index is 1090. The summed E-state index contributed by atoms with van der Waals surface area (Å²) in [6, 6.07) is 9.15. The molecule has 1 aliphatic heterocycles. The van der Waals surface area contributed by atoms with Crippen LogP contribution in [0.15, 0.2) is 40.3 Å². The third-order valence-corrected chi connectivity index (χ3v) is 6.42. The van der Waals surface area contributed by atoms with Crippen LogP contribution in [0, 0.1) is 0 Å². The highest BCUT2D eigenvalue weighted by atomic mass is 32.2. The Kier molecular flexibility index (Phi) is 4.57. The van der Waals surface area contributed by atoms with Crippen LogP contribution in [-0.2, 0) is 22.6 Å². The number of carboxylic acid groups (broad SMARTS) is 1. The maximum absolute atomic E-state index is 13.5. The summed E-state index contributed by atoms with van der Waals surface area (Å²) in [5.74, 6) is -1.47. The number of carbonyl (C=O) groups excluding carboxylic acids is 1. The van der Waals surface area contributed by atoms with Crippen molar-refractivity contribution < 1.29 is 14.6 Å². The second kappa shape index (κ2) is 6.78. The fraction of sp³-hybridized carbons (Fsp3) is 0.316. The molecule has 2 aromatic heterocycles. The van der Waals surface area contributed by atoms with Crippen LogP contribution in [0.5, 0.6) is 0 Å². The van der Waals surface area contributed by atoms with Crippen LogP contribution in [0.4, 0.5) is 0 Å². The number of para-hydroxylation sites is 1. The van der Waals surface area contributed by atoms with Gasteiger partial charge in [0, 0.05) is 17.1 Å². The Labute approximate surface area is 163 Å². The number of aliphatic carboxylic acids is 1. The van der Waals surface area contributed by atoms with Gasteiger partial charge in [-0.3, -0.25) is 9.36 Å². The van der Waals surface area contributed by atoms with Crippen molar-refractivity contribution in [1.82, 2.24) is 9.55 Å². The lowest BCUT2D eigenvalue weighted by Crippen LogP contribution is -2.32. The zero-order valence-electron chi connectivity index (χ0n) is 14.9. The predicted octanol–water partition coefficient (Wildman–Crippen LogP) is 2.14. The highest BCUT2D eigenvalue weighted by Crippen LogP contribution is 2.37. The Balaban J connectivity index is 1.97. The number of carboxylic acids is 1. The van der Waals surface area contributed by atoms with E-state index in [1.54, 1.807) is 0 Å². The first-order valence-corrected chi connectivity index (χ1v) is 10.3. The van der Waals surface area contributed by atoms with Crippen LogP contribution in [0.2, 0.25) is 0 Å². The molecule has 8 heteroatoms. The standard InChI is InChI=1S/C19H18N2O4S2/c1-19(2)8-12-13(9-25-19)27-16-15(12)17(24)21(11-6-4-3-5-7-11)18(20-16)26-10-14(22)23/h3-7H,8-10H2,1-2H3,(H,22,23)/p-1. The molecule has 0 radical (unpaired) electrons. The molecule has 4 rings (SSSR count). The van der Waals surface area contributed by atoms with Gasteiger partial charge in [0.05, 0.1) is 29.3 Å². The maximum Gasteiger partial charge on any atom is 0.267 e. The van der Waals surface area contributed by atoms with E-state index in [-0.39, 0.29) is 16.9 Å². The molecule has 27 heavy (non-hydrogen) atoms. The molecule has 0 unspecified atom stereocenters. The molecular weight excluding hydrogens is 384 g/mol. The van der Waals surface area contributed by atoms with Gasteiger partial charge in [0.15, 0.2) is 5.16 Å². The van der Waals surface area contributed by atoms with E-state index in [4.69, 9.17) is 4.74 Å². The lowest BCUT2D eigenvalue weighted by atomic mass is 9.94.